The van der Waals surface area contributed by atoms with E-state index in [9.17, 15) is 96.4 Å². The van der Waals surface area contributed by atoms with E-state index in [2.05, 4.69) is 4.74 Å². The summed E-state index contributed by atoms with van der Waals surface area (Å²) < 4.78 is 292. The molecular weight excluding hydrogens is 688 g/mol. The summed E-state index contributed by atoms with van der Waals surface area (Å²) in [4.78, 5) is -1.48. The fraction of sp³-hybridized carbons (Fsp3) is 0.500. The van der Waals surface area contributed by atoms with Gasteiger partial charge in [0.2, 0.25) is 11.2 Å². The standard InChI is InChI=1S/C16H5F19O4S.K/c17-10(18,19)7(8(11(20,21)22)39-5-1-3-6(4-2-5)40(36,37)38)9(14(27,28)29,12(23,24)15(30,31)32)13(25,26)16(33,34)35;/h1-4H,(H,36,37,38);/q;+1/p-1. The van der Waals surface area contributed by atoms with Crippen molar-refractivity contribution in [3.63, 3.8) is 0 Å². The zero-order valence-corrected chi connectivity index (χ0v) is 22.5. The van der Waals surface area contributed by atoms with Gasteiger partial charge in [0.1, 0.15) is 21.4 Å². The van der Waals surface area contributed by atoms with Crippen molar-refractivity contribution in [1.82, 2.24) is 0 Å². The zero-order valence-electron chi connectivity index (χ0n) is 18.5. The number of benzene rings is 1. The molecule has 4 nitrogen and oxygen atoms in total. The third-order valence-electron chi connectivity index (χ3n) is 4.55. The first-order valence-electron chi connectivity index (χ1n) is 8.77. The van der Waals surface area contributed by atoms with Crippen LogP contribution in [0, 0.1) is 5.41 Å². The quantitative estimate of drug-likeness (QED) is 0.193. The Morgan fingerprint density at radius 2 is 0.927 bits per heavy atom. The van der Waals surface area contributed by atoms with Crippen LogP contribution in [0.5, 0.6) is 5.75 Å². The molecule has 0 aliphatic heterocycles. The molecule has 0 saturated carbocycles. The summed E-state index contributed by atoms with van der Waals surface area (Å²) in [5, 5.41) is 0. The second-order valence-corrected chi connectivity index (χ2v) is 8.50. The van der Waals surface area contributed by atoms with Gasteiger partial charge in [0.15, 0.2) is 0 Å². The number of hydrogen-bond acceptors (Lipinski definition) is 4. The Labute approximate surface area is 255 Å². The molecule has 1 rings (SSSR count). The molecule has 0 unspecified atom stereocenters. The Morgan fingerprint density at radius 1 is 0.585 bits per heavy atom. The van der Waals surface area contributed by atoms with E-state index in [1.165, 1.54) is 0 Å². The van der Waals surface area contributed by atoms with E-state index in [1.54, 1.807) is 0 Å². The monoisotopic (exact) mass is 692 g/mol. The van der Waals surface area contributed by atoms with Crippen molar-refractivity contribution in [1.29, 1.82) is 0 Å². The molecule has 0 N–H and O–H groups in total. The van der Waals surface area contributed by atoms with Crippen LogP contribution in [0.2, 0.25) is 0 Å². The van der Waals surface area contributed by atoms with Gasteiger partial charge in [-0.25, -0.2) is 8.42 Å². The molecule has 0 bridgehead atoms. The fourth-order valence-corrected chi connectivity index (χ4v) is 3.46. The number of hydrogen-bond donors (Lipinski definition) is 0. The normalized spacial score (nSPS) is 15.7. The number of halogens is 19. The van der Waals surface area contributed by atoms with Crippen LogP contribution in [-0.4, -0.2) is 55.7 Å². The minimum atomic E-state index is -9.16. The molecule has 0 saturated heterocycles. The van der Waals surface area contributed by atoms with Crippen LogP contribution in [0.4, 0.5) is 83.4 Å². The molecular formula is C16H4F19KO4S. The van der Waals surface area contributed by atoms with E-state index in [-0.39, 0.29) is 75.7 Å². The summed E-state index contributed by atoms with van der Waals surface area (Å²) >= 11 is 0. The first-order chi connectivity index (χ1) is 17.2. The molecule has 0 heterocycles. The fourth-order valence-electron chi connectivity index (χ4n) is 2.99. The van der Waals surface area contributed by atoms with Crippen LogP contribution < -0.4 is 56.1 Å². The van der Waals surface area contributed by atoms with E-state index >= 15 is 0 Å². The van der Waals surface area contributed by atoms with E-state index < -0.39 is 80.2 Å². The molecule has 41 heavy (non-hydrogen) atoms. The molecule has 1 aromatic carbocycles. The van der Waals surface area contributed by atoms with Gasteiger partial charge in [0, 0.05) is 0 Å². The predicted octanol–water partition coefficient (Wildman–Crippen LogP) is 4.30. The van der Waals surface area contributed by atoms with Crippen LogP contribution >= 0.6 is 0 Å². The maximum atomic E-state index is 14.1. The Bertz CT molecular complexity index is 1190. The number of alkyl halides is 19. The summed E-state index contributed by atoms with van der Waals surface area (Å²) in [5.41, 5.74) is -15.1. The van der Waals surface area contributed by atoms with Crippen LogP contribution in [0.15, 0.2) is 40.5 Å². The molecule has 0 fully saturated rings. The summed E-state index contributed by atoms with van der Waals surface area (Å²) in [5.74, 6) is -25.1. The average Bonchev–Trinajstić information content (AvgIpc) is 2.65. The average molecular weight is 692 g/mol. The third kappa shape index (κ3) is 7.21. The molecule has 232 valence electrons. The minimum absolute atomic E-state index is 0. The Morgan fingerprint density at radius 3 is 1.15 bits per heavy atom. The van der Waals surface area contributed by atoms with Crippen LogP contribution in [0.25, 0.3) is 0 Å². The van der Waals surface area contributed by atoms with Crippen molar-refractivity contribution in [3.05, 3.63) is 35.6 Å². The molecule has 0 aromatic heterocycles. The number of rotatable bonds is 6. The van der Waals surface area contributed by atoms with Gasteiger partial charge >= 0.3 is 94.1 Å². The topological polar surface area (TPSA) is 66.4 Å². The third-order valence-corrected chi connectivity index (χ3v) is 5.40. The van der Waals surface area contributed by atoms with Gasteiger partial charge in [-0.05, 0) is 24.3 Å². The van der Waals surface area contributed by atoms with Gasteiger partial charge in [-0.15, -0.1) is 0 Å². The number of allylic oxidation sites excluding steroid dienone is 2. The van der Waals surface area contributed by atoms with Crippen LogP contribution in [-0.2, 0) is 10.1 Å². The second-order valence-electron chi connectivity index (χ2n) is 7.12. The Balaban J connectivity index is 0.0000160. The summed E-state index contributed by atoms with van der Waals surface area (Å²) in [7, 11) is -5.55. The maximum absolute atomic E-state index is 14.1. The van der Waals surface area contributed by atoms with Crippen LogP contribution in [0.1, 0.15) is 0 Å². The van der Waals surface area contributed by atoms with E-state index in [4.69, 9.17) is 0 Å². The van der Waals surface area contributed by atoms with Gasteiger partial charge in [-0.2, -0.15) is 83.4 Å². The van der Waals surface area contributed by atoms with Crippen molar-refractivity contribution in [2.75, 3.05) is 0 Å². The second kappa shape index (κ2) is 11.5. The first kappa shape index (κ1) is 40.0. The summed E-state index contributed by atoms with van der Waals surface area (Å²) in [6.07, 6.45) is -41.5. The van der Waals surface area contributed by atoms with Crippen molar-refractivity contribution < 1.29 is 153 Å². The molecule has 0 aliphatic carbocycles. The van der Waals surface area contributed by atoms with Crippen molar-refractivity contribution in [2.24, 2.45) is 5.41 Å². The van der Waals surface area contributed by atoms with Gasteiger partial charge in [-0.3, -0.25) is 0 Å². The minimum Gasteiger partial charge on any atom is -0.744 e. The van der Waals surface area contributed by atoms with Crippen LogP contribution in [0.3, 0.4) is 0 Å². The Kier molecular flexibility index (Phi) is 11.2. The van der Waals surface area contributed by atoms with Gasteiger partial charge in [-0.1, -0.05) is 0 Å². The molecule has 0 radical (unpaired) electrons. The first-order valence-corrected chi connectivity index (χ1v) is 10.2. The molecule has 0 spiro atoms. The number of ether oxygens (including phenoxy) is 1. The Hall–Kier alpha value is -1.02. The molecule has 1 aromatic rings. The van der Waals surface area contributed by atoms with Gasteiger partial charge in [0.25, 0.3) is 0 Å². The van der Waals surface area contributed by atoms with Crippen molar-refractivity contribution in [2.45, 2.75) is 47.6 Å². The van der Waals surface area contributed by atoms with E-state index in [1.807, 2.05) is 0 Å². The van der Waals surface area contributed by atoms with Gasteiger partial charge in [0.05, 0.1) is 4.90 Å². The molecule has 0 atom stereocenters. The zero-order chi connectivity index (χ0) is 32.3. The van der Waals surface area contributed by atoms with E-state index in [0.29, 0.717) is 0 Å². The molecule has 0 amide bonds. The molecule has 0 aliphatic rings. The largest absolute Gasteiger partial charge is 1.00 e. The molecule has 25 heteroatoms. The SMILES string of the molecule is O=S(=O)([O-])c1ccc(OC(=C(C(F)(F)F)C(C(F)(F)F)(C(F)(F)C(F)(F)F)C(F)(F)C(F)(F)F)C(F)(F)F)cc1.[K+]. The summed E-state index contributed by atoms with van der Waals surface area (Å²) in [6.45, 7) is 0. The maximum Gasteiger partial charge on any atom is 1.00 e. The van der Waals surface area contributed by atoms with Crippen molar-refractivity contribution >= 4 is 10.1 Å². The van der Waals surface area contributed by atoms with E-state index in [0.717, 1.165) is 0 Å². The van der Waals surface area contributed by atoms with Gasteiger partial charge < -0.3 is 9.29 Å². The summed E-state index contributed by atoms with van der Waals surface area (Å²) in [6, 6.07) is -1.12. The smallest absolute Gasteiger partial charge is 0.744 e. The van der Waals surface area contributed by atoms with Crippen molar-refractivity contribution in [3.8, 4) is 5.75 Å². The predicted molar refractivity (Wildman–Crippen MR) is 84.7 cm³/mol.